The summed E-state index contributed by atoms with van der Waals surface area (Å²) in [5, 5.41) is 7.30. The van der Waals surface area contributed by atoms with Crippen LogP contribution in [0.25, 0.3) is 0 Å². The summed E-state index contributed by atoms with van der Waals surface area (Å²) < 4.78 is 0. The molecular weight excluding hydrogens is 252 g/mol. The Balaban J connectivity index is 1.61. The zero-order chi connectivity index (χ0) is 14.1. The lowest BCUT2D eigenvalue weighted by atomic mass is 10.1. The molecule has 2 aliphatic rings. The van der Waals surface area contributed by atoms with Crippen LogP contribution in [0.1, 0.15) is 37.1 Å². The van der Waals surface area contributed by atoms with Crippen molar-refractivity contribution < 1.29 is 4.79 Å². The van der Waals surface area contributed by atoms with Gasteiger partial charge in [0.2, 0.25) is 5.91 Å². The number of aromatic nitrogens is 2. The molecule has 5 heteroatoms. The molecule has 0 atom stereocenters. The van der Waals surface area contributed by atoms with E-state index in [1.54, 1.807) is 0 Å². The molecule has 2 fully saturated rings. The van der Waals surface area contributed by atoms with Gasteiger partial charge in [0, 0.05) is 32.1 Å². The zero-order valence-corrected chi connectivity index (χ0v) is 12.5. The van der Waals surface area contributed by atoms with E-state index < -0.39 is 0 Å². The molecule has 1 aromatic rings. The fourth-order valence-corrected chi connectivity index (χ4v) is 3.59. The molecule has 0 radical (unpaired) electrons. The summed E-state index contributed by atoms with van der Waals surface area (Å²) in [4.78, 5) is 16.8. The van der Waals surface area contributed by atoms with Gasteiger partial charge in [-0.2, -0.15) is 5.10 Å². The number of piperazine rings is 1. The van der Waals surface area contributed by atoms with Crippen LogP contribution in [0.15, 0.2) is 0 Å². The molecule has 1 saturated carbocycles. The van der Waals surface area contributed by atoms with Crippen molar-refractivity contribution in [1.82, 2.24) is 15.1 Å². The number of H-pyrrole nitrogens is 1. The molecule has 0 aromatic carbocycles. The van der Waals surface area contributed by atoms with Crippen molar-refractivity contribution >= 4 is 11.6 Å². The Morgan fingerprint density at radius 3 is 2.35 bits per heavy atom. The summed E-state index contributed by atoms with van der Waals surface area (Å²) in [7, 11) is 0. The Hall–Kier alpha value is -1.52. The first-order valence-electron chi connectivity index (χ1n) is 7.72. The van der Waals surface area contributed by atoms with Crippen LogP contribution in [-0.2, 0) is 4.79 Å². The van der Waals surface area contributed by atoms with Crippen LogP contribution in [0.3, 0.4) is 0 Å². The van der Waals surface area contributed by atoms with Crippen molar-refractivity contribution in [3.05, 3.63) is 11.4 Å². The normalized spacial score (nSPS) is 20.7. The molecule has 1 aliphatic heterocycles. The lowest BCUT2D eigenvalue weighted by molar-refractivity contribution is -0.135. The van der Waals surface area contributed by atoms with Crippen molar-refractivity contribution in [2.24, 2.45) is 5.92 Å². The van der Waals surface area contributed by atoms with Gasteiger partial charge in [0.05, 0.1) is 17.1 Å². The lowest BCUT2D eigenvalue weighted by Crippen LogP contribution is -2.50. The molecule has 20 heavy (non-hydrogen) atoms. The topological polar surface area (TPSA) is 52.2 Å². The van der Waals surface area contributed by atoms with Crippen molar-refractivity contribution in [1.29, 1.82) is 0 Å². The highest BCUT2D eigenvalue weighted by atomic mass is 16.2. The molecule has 5 nitrogen and oxygen atoms in total. The van der Waals surface area contributed by atoms with Gasteiger partial charge in [-0.3, -0.25) is 9.89 Å². The molecule has 3 rings (SSSR count). The molecule has 110 valence electrons. The van der Waals surface area contributed by atoms with E-state index >= 15 is 0 Å². The molecule has 1 aliphatic carbocycles. The lowest BCUT2D eigenvalue weighted by Gasteiger charge is -2.37. The summed E-state index contributed by atoms with van der Waals surface area (Å²) in [5.74, 6) is 0.696. The third-order valence-corrected chi connectivity index (χ3v) is 4.70. The smallest absolute Gasteiger partial charge is 0.225 e. The second-order valence-corrected chi connectivity index (χ2v) is 6.08. The summed E-state index contributed by atoms with van der Waals surface area (Å²) >= 11 is 0. The first kappa shape index (κ1) is 13.5. The van der Waals surface area contributed by atoms with Gasteiger partial charge < -0.3 is 9.80 Å². The number of nitrogens with zero attached hydrogens (tertiary/aromatic N) is 3. The van der Waals surface area contributed by atoms with Crippen molar-refractivity contribution in [2.45, 2.75) is 39.5 Å². The average Bonchev–Trinajstić information content (AvgIpc) is 3.09. The Bertz CT molecular complexity index is 463. The zero-order valence-electron chi connectivity index (χ0n) is 12.5. The standard InChI is InChI=1S/C15H24N4O/c1-11-14(12(2)17-16-11)18-7-9-19(10-8-18)15(20)13-5-3-4-6-13/h13H,3-10H2,1-2H3,(H,16,17). The fraction of sp³-hybridized carbons (Fsp3) is 0.733. The van der Waals surface area contributed by atoms with Crippen LogP contribution in [0.4, 0.5) is 5.69 Å². The number of anilines is 1. The number of hydrogen-bond acceptors (Lipinski definition) is 3. The SMILES string of the molecule is Cc1n[nH]c(C)c1N1CCN(C(=O)C2CCCC2)CC1. The van der Waals surface area contributed by atoms with Crippen LogP contribution >= 0.6 is 0 Å². The maximum absolute atomic E-state index is 12.4. The summed E-state index contributed by atoms with van der Waals surface area (Å²) in [5.41, 5.74) is 3.40. The highest BCUT2D eigenvalue weighted by molar-refractivity contribution is 5.79. The summed E-state index contributed by atoms with van der Waals surface area (Å²) in [6.45, 7) is 7.62. The molecule has 1 aromatic heterocycles. The van der Waals surface area contributed by atoms with Crippen molar-refractivity contribution in [3.63, 3.8) is 0 Å². The van der Waals surface area contributed by atoms with E-state index in [0.717, 1.165) is 50.4 Å². The third kappa shape index (κ3) is 2.41. The van der Waals surface area contributed by atoms with E-state index in [9.17, 15) is 4.79 Å². The maximum Gasteiger partial charge on any atom is 0.225 e. The van der Waals surface area contributed by atoms with Gasteiger partial charge in [-0.05, 0) is 26.7 Å². The van der Waals surface area contributed by atoms with E-state index in [-0.39, 0.29) is 0 Å². The largest absolute Gasteiger partial charge is 0.365 e. The number of rotatable bonds is 2. The minimum atomic E-state index is 0.305. The number of aromatic amines is 1. The van der Waals surface area contributed by atoms with Crippen LogP contribution in [0.2, 0.25) is 0 Å². The van der Waals surface area contributed by atoms with Crippen LogP contribution in [-0.4, -0.2) is 47.2 Å². The van der Waals surface area contributed by atoms with Gasteiger partial charge >= 0.3 is 0 Å². The Kier molecular flexibility index (Phi) is 3.68. The van der Waals surface area contributed by atoms with E-state index in [1.165, 1.54) is 18.5 Å². The fourth-order valence-electron chi connectivity index (χ4n) is 3.59. The molecule has 0 bridgehead atoms. The predicted octanol–water partition coefficient (Wildman–Crippen LogP) is 1.87. The summed E-state index contributed by atoms with van der Waals surface area (Å²) in [6, 6.07) is 0. The molecular formula is C15H24N4O. The van der Waals surface area contributed by atoms with Gasteiger partial charge in [-0.1, -0.05) is 12.8 Å². The van der Waals surface area contributed by atoms with Gasteiger partial charge in [-0.25, -0.2) is 0 Å². The monoisotopic (exact) mass is 276 g/mol. The van der Waals surface area contributed by atoms with E-state index in [1.807, 2.05) is 6.92 Å². The first-order valence-corrected chi connectivity index (χ1v) is 7.72. The minimum absolute atomic E-state index is 0.305. The van der Waals surface area contributed by atoms with Gasteiger partial charge in [0.25, 0.3) is 0 Å². The number of carbonyl (C=O) groups excluding carboxylic acids is 1. The first-order chi connectivity index (χ1) is 9.66. The number of nitrogens with one attached hydrogen (secondary N) is 1. The third-order valence-electron chi connectivity index (χ3n) is 4.70. The van der Waals surface area contributed by atoms with Gasteiger partial charge in [-0.15, -0.1) is 0 Å². The van der Waals surface area contributed by atoms with Crippen molar-refractivity contribution in [2.75, 3.05) is 31.1 Å². The Morgan fingerprint density at radius 2 is 1.80 bits per heavy atom. The molecule has 0 unspecified atom stereocenters. The molecule has 1 amide bonds. The van der Waals surface area contributed by atoms with Gasteiger partial charge in [0.1, 0.15) is 0 Å². The molecule has 0 spiro atoms. The number of hydrogen-bond donors (Lipinski definition) is 1. The quantitative estimate of drug-likeness (QED) is 0.897. The van der Waals surface area contributed by atoms with Crippen LogP contribution < -0.4 is 4.90 Å². The molecule has 1 saturated heterocycles. The highest BCUT2D eigenvalue weighted by Gasteiger charge is 2.30. The minimum Gasteiger partial charge on any atom is -0.365 e. The Labute approximate surface area is 120 Å². The van der Waals surface area contributed by atoms with Crippen molar-refractivity contribution in [3.8, 4) is 0 Å². The Morgan fingerprint density at radius 1 is 1.15 bits per heavy atom. The van der Waals surface area contributed by atoms with Crippen LogP contribution in [0.5, 0.6) is 0 Å². The maximum atomic E-state index is 12.4. The average molecular weight is 276 g/mol. The molecule has 2 heterocycles. The highest BCUT2D eigenvalue weighted by Crippen LogP contribution is 2.28. The van der Waals surface area contributed by atoms with E-state index in [2.05, 4.69) is 26.9 Å². The van der Waals surface area contributed by atoms with E-state index in [0.29, 0.717) is 11.8 Å². The number of amides is 1. The predicted molar refractivity (Wildman–Crippen MR) is 78.8 cm³/mol. The van der Waals surface area contributed by atoms with Gasteiger partial charge in [0.15, 0.2) is 0 Å². The van der Waals surface area contributed by atoms with Crippen LogP contribution in [0, 0.1) is 19.8 Å². The number of aryl methyl sites for hydroxylation is 2. The molecule has 1 N–H and O–H groups in total. The summed E-state index contributed by atoms with van der Waals surface area (Å²) in [6.07, 6.45) is 4.64. The second kappa shape index (κ2) is 5.46. The number of carbonyl (C=O) groups is 1. The van der Waals surface area contributed by atoms with E-state index in [4.69, 9.17) is 0 Å². The second-order valence-electron chi connectivity index (χ2n) is 6.08.